The number of hydrogen-bond acceptors (Lipinski definition) is 0. The van der Waals surface area contributed by atoms with Crippen molar-refractivity contribution in [3.05, 3.63) is 182 Å². The predicted molar refractivity (Wildman–Crippen MR) is 208 cm³/mol. The van der Waals surface area contributed by atoms with E-state index in [-0.39, 0.29) is 0 Å². The number of hydrogen-bond donors (Lipinski definition) is 0. The molecule has 0 heterocycles. The molecule has 0 saturated heterocycles. The van der Waals surface area contributed by atoms with Crippen molar-refractivity contribution in [2.45, 2.75) is 0 Å². The smallest absolute Gasteiger partial charge is 0.00201 e. The van der Waals surface area contributed by atoms with Gasteiger partial charge in [0, 0.05) is 0 Å². The van der Waals surface area contributed by atoms with Gasteiger partial charge in [-0.05, 0) is 122 Å². The second-order valence-corrected chi connectivity index (χ2v) is 12.9. The highest BCUT2D eigenvalue weighted by molar-refractivity contribution is 6.25. The number of rotatable bonds is 3. The SMILES string of the molecule is c1cc(-c2ccc3ccccc3c2)cc(-c2c3ccccc3c(-c3cccc4c3ccc3cc5ccccc5cc34)c3ccccc23)c1. The average Bonchev–Trinajstić information content (AvgIpc) is 3.15. The Kier molecular flexibility index (Phi) is 5.98. The van der Waals surface area contributed by atoms with E-state index in [1.165, 1.54) is 98.0 Å². The van der Waals surface area contributed by atoms with Gasteiger partial charge in [-0.25, -0.2) is 0 Å². The van der Waals surface area contributed by atoms with E-state index >= 15 is 0 Å². The predicted octanol–water partition coefficient (Wildman–Crippen LogP) is 13.6. The molecule has 0 aliphatic heterocycles. The van der Waals surface area contributed by atoms with Gasteiger partial charge in [0.15, 0.2) is 0 Å². The van der Waals surface area contributed by atoms with Crippen LogP contribution in [-0.2, 0) is 0 Å². The van der Waals surface area contributed by atoms with Gasteiger partial charge in [0.2, 0.25) is 0 Å². The van der Waals surface area contributed by atoms with E-state index in [1.54, 1.807) is 0 Å². The lowest BCUT2D eigenvalue weighted by molar-refractivity contribution is 1.63. The molecule has 10 aromatic rings. The van der Waals surface area contributed by atoms with Crippen molar-refractivity contribution in [2.75, 3.05) is 0 Å². The molecule has 0 aromatic heterocycles. The van der Waals surface area contributed by atoms with Crippen LogP contribution >= 0.6 is 0 Å². The second kappa shape index (κ2) is 10.7. The lowest BCUT2D eigenvalue weighted by atomic mass is 9.84. The Bertz CT molecular complexity index is 2830. The number of benzene rings is 10. The van der Waals surface area contributed by atoms with E-state index in [0.29, 0.717) is 0 Å². The quantitative estimate of drug-likeness (QED) is 0.139. The summed E-state index contributed by atoms with van der Waals surface area (Å²) in [5, 5.41) is 15.3. The van der Waals surface area contributed by atoms with Gasteiger partial charge in [0.25, 0.3) is 0 Å². The third-order valence-electron chi connectivity index (χ3n) is 10.2. The fraction of sp³-hybridized carbons (Fsp3) is 0. The van der Waals surface area contributed by atoms with Crippen molar-refractivity contribution in [1.82, 2.24) is 0 Å². The van der Waals surface area contributed by atoms with Crippen LogP contribution in [0.25, 0.3) is 98.0 Å². The fourth-order valence-corrected chi connectivity index (χ4v) is 7.95. The summed E-state index contributed by atoms with van der Waals surface area (Å²) in [6, 6.07) is 67.2. The van der Waals surface area contributed by atoms with Crippen LogP contribution in [0.1, 0.15) is 0 Å². The lowest BCUT2D eigenvalue weighted by Gasteiger charge is -2.19. The highest BCUT2D eigenvalue weighted by Crippen LogP contribution is 2.46. The lowest BCUT2D eigenvalue weighted by Crippen LogP contribution is -1.92. The third kappa shape index (κ3) is 4.16. The molecule has 10 rings (SSSR count). The molecular formula is C48H30. The minimum Gasteiger partial charge on any atom is -0.0616 e. The Morgan fingerprint density at radius 1 is 0.208 bits per heavy atom. The molecule has 0 nitrogen and oxygen atoms in total. The Morgan fingerprint density at radius 3 is 1.46 bits per heavy atom. The minimum atomic E-state index is 1.23. The van der Waals surface area contributed by atoms with Gasteiger partial charge in [-0.15, -0.1) is 0 Å². The van der Waals surface area contributed by atoms with Crippen LogP contribution < -0.4 is 0 Å². The maximum atomic E-state index is 2.37. The van der Waals surface area contributed by atoms with Gasteiger partial charge >= 0.3 is 0 Å². The van der Waals surface area contributed by atoms with Crippen molar-refractivity contribution in [1.29, 1.82) is 0 Å². The standard InChI is InChI=1S/C48H30/c1-2-12-32-27-36(24-23-31(32)11-1)34-15-9-16-38(29-34)47-42-17-5-7-19-44(42)48(45-20-8-6-18-43(45)47)41-22-10-21-39-40(41)26-25-37-28-33-13-3-4-14-35(33)30-46(37)39/h1-30H. The summed E-state index contributed by atoms with van der Waals surface area (Å²) in [4.78, 5) is 0. The van der Waals surface area contributed by atoms with Crippen LogP contribution in [-0.4, -0.2) is 0 Å². The van der Waals surface area contributed by atoms with Gasteiger partial charge in [-0.3, -0.25) is 0 Å². The van der Waals surface area contributed by atoms with Crippen LogP contribution in [0.3, 0.4) is 0 Å². The Hall–Kier alpha value is -6.24. The molecule has 0 fully saturated rings. The largest absolute Gasteiger partial charge is 0.0616 e. The molecule has 222 valence electrons. The molecule has 10 aromatic carbocycles. The van der Waals surface area contributed by atoms with E-state index in [1.807, 2.05) is 0 Å². The average molecular weight is 607 g/mol. The van der Waals surface area contributed by atoms with Crippen molar-refractivity contribution in [3.8, 4) is 33.4 Å². The summed E-state index contributed by atoms with van der Waals surface area (Å²) in [6.07, 6.45) is 0. The Balaban J connectivity index is 1.24. The summed E-state index contributed by atoms with van der Waals surface area (Å²) >= 11 is 0. The maximum Gasteiger partial charge on any atom is -0.00201 e. The van der Waals surface area contributed by atoms with Crippen molar-refractivity contribution in [2.24, 2.45) is 0 Å². The molecular weight excluding hydrogens is 577 g/mol. The van der Waals surface area contributed by atoms with Gasteiger partial charge < -0.3 is 0 Å². The molecule has 0 radical (unpaired) electrons. The first-order valence-corrected chi connectivity index (χ1v) is 16.7. The van der Waals surface area contributed by atoms with Crippen molar-refractivity contribution >= 4 is 64.6 Å². The first-order chi connectivity index (χ1) is 23.8. The molecule has 0 spiro atoms. The van der Waals surface area contributed by atoms with Crippen LogP contribution in [0.2, 0.25) is 0 Å². The Labute approximate surface area is 279 Å². The van der Waals surface area contributed by atoms with E-state index in [4.69, 9.17) is 0 Å². The van der Waals surface area contributed by atoms with E-state index < -0.39 is 0 Å². The third-order valence-corrected chi connectivity index (χ3v) is 10.2. The van der Waals surface area contributed by atoms with Crippen LogP contribution in [0, 0.1) is 0 Å². The summed E-state index contributed by atoms with van der Waals surface area (Å²) in [5.41, 5.74) is 7.54. The molecule has 0 amide bonds. The molecule has 48 heavy (non-hydrogen) atoms. The van der Waals surface area contributed by atoms with E-state index in [9.17, 15) is 0 Å². The molecule has 0 aliphatic rings. The maximum absolute atomic E-state index is 2.37. The first-order valence-electron chi connectivity index (χ1n) is 16.7. The van der Waals surface area contributed by atoms with Gasteiger partial charge in [0.1, 0.15) is 0 Å². The highest BCUT2D eigenvalue weighted by atomic mass is 14.2. The monoisotopic (exact) mass is 606 g/mol. The highest BCUT2D eigenvalue weighted by Gasteiger charge is 2.18. The van der Waals surface area contributed by atoms with E-state index in [2.05, 4.69) is 182 Å². The molecule has 0 atom stereocenters. The Morgan fingerprint density at radius 2 is 0.729 bits per heavy atom. The molecule has 0 bridgehead atoms. The molecule has 0 saturated carbocycles. The van der Waals surface area contributed by atoms with Gasteiger partial charge in [-0.2, -0.15) is 0 Å². The summed E-state index contributed by atoms with van der Waals surface area (Å²) < 4.78 is 0. The summed E-state index contributed by atoms with van der Waals surface area (Å²) in [6.45, 7) is 0. The van der Waals surface area contributed by atoms with Gasteiger partial charge in [-0.1, -0.05) is 158 Å². The topological polar surface area (TPSA) is 0 Å². The van der Waals surface area contributed by atoms with E-state index in [0.717, 1.165) is 0 Å². The molecule has 0 heteroatoms. The zero-order valence-electron chi connectivity index (χ0n) is 26.3. The number of fused-ring (bicyclic) bond motifs is 7. The molecule has 0 N–H and O–H groups in total. The van der Waals surface area contributed by atoms with Crippen LogP contribution in [0.5, 0.6) is 0 Å². The first kappa shape index (κ1) is 26.9. The molecule has 0 unspecified atom stereocenters. The zero-order valence-corrected chi connectivity index (χ0v) is 26.3. The van der Waals surface area contributed by atoms with Crippen LogP contribution in [0.4, 0.5) is 0 Å². The van der Waals surface area contributed by atoms with Crippen molar-refractivity contribution in [3.63, 3.8) is 0 Å². The van der Waals surface area contributed by atoms with Crippen LogP contribution in [0.15, 0.2) is 182 Å². The molecule has 0 aliphatic carbocycles. The summed E-state index contributed by atoms with van der Waals surface area (Å²) in [7, 11) is 0. The zero-order chi connectivity index (χ0) is 31.6. The summed E-state index contributed by atoms with van der Waals surface area (Å²) in [5.74, 6) is 0. The fourth-order valence-electron chi connectivity index (χ4n) is 7.95. The normalized spacial score (nSPS) is 11.8. The van der Waals surface area contributed by atoms with Gasteiger partial charge in [0.05, 0.1) is 0 Å². The second-order valence-electron chi connectivity index (χ2n) is 12.9. The minimum absolute atomic E-state index is 1.23. The van der Waals surface area contributed by atoms with Crippen molar-refractivity contribution < 1.29 is 0 Å².